The maximum absolute atomic E-state index is 13.9. The molecule has 3 saturated heterocycles. The number of amides is 1. The lowest BCUT2D eigenvalue weighted by molar-refractivity contribution is 0.0511. The third-order valence-corrected chi connectivity index (χ3v) is 11.5. The monoisotopic (exact) mass is 690 g/mol. The average molecular weight is 692 g/mol. The largest absolute Gasteiger partial charge is 0.465 e. The van der Waals surface area contributed by atoms with Gasteiger partial charge in [-0.15, -0.1) is 0 Å². The molecule has 3 fully saturated rings. The summed E-state index contributed by atoms with van der Waals surface area (Å²) >= 11 is 12.2. The van der Waals surface area contributed by atoms with Crippen molar-refractivity contribution in [3.63, 3.8) is 0 Å². The van der Waals surface area contributed by atoms with Gasteiger partial charge in [-0.05, 0) is 73.4 Å². The minimum absolute atomic E-state index is 0.00786. The number of carbonyl (C=O) groups excluding carboxylic acids is 1. The molecule has 3 aliphatic heterocycles. The second-order valence-corrected chi connectivity index (χ2v) is 14.7. The first-order chi connectivity index (χ1) is 22.1. The van der Waals surface area contributed by atoms with Crippen molar-refractivity contribution in [1.82, 2.24) is 14.1 Å². The molecular formula is C33H37Cl2FN4O5S. The van der Waals surface area contributed by atoms with E-state index in [0.717, 1.165) is 31.9 Å². The first-order valence-electron chi connectivity index (χ1n) is 15.4. The number of halogens is 3. The fraction of sp³-hybridized carbons (Fsp3) is 0.424. The lowest BCUT2D eigenvalue weighted by atomic mass is 10.1. The van der Waals surface area contributed by atoms with E-state index in [1.807, 2.05) is 24.3 Å². The molecule has 2 unspecified atom stereocenters. The Bertz CT molecular complexity index is 1660. The lowest BCUT2D eigenvalue weighted by Crippen LogP contribution is -2.55. The molecule has 3 aromatic carbocycles. The van der Waals surface area contributed by atoms with Crippen LogP contribution in [0.25, 0.3) is 0 Å². The van der Waals surface area contributed by atoms with Crippen LogP contribution in [0.4, 0.5) is 10.1 Å². The number of sulfonamides is 1. The summed E-state index contributed by atoms with van der Waals surface area (Å²) in [5.41, 5.74) is 2.12. The standard InChI is InChI=1S/C33H37Cl2FN4O5S/c1-44-22-45-32-11-9-28(46(42,43)39-16-14-37(15-17-39)13-12-23-2-4-24(34)5-3-23)19-31(32)40-26-7-8-27(40)21-38(20-26)33(41)29-10-6-25(36)18-30(29)35/h2-6,9-11,18-19,26-27H,7-8,12-17,20-22H2,1H3. The van der Waals surface area contributed by atoms with Crippen molar-refractivity contribution in [1.29, 1.82) is 0 Å². The average Bonchev–Trinajstić information content (AvgIpc) is 3.31. The smallest absolute Gasteiger partial charge is 0.255 e. The van der Waals surface area contributed by atoms with Crippen molar-refractivity contribution in [3.8, 4) is 5.75 Å². The summed E-state index contributed by atoms with van der Waals surface area (Å²) in [5.74, 6) is -0.229. The Kier molecular flexibility index (Phi) is 10.1. The summed E-state index contributed by atoms with van der Waals surface area (Å²) in [5, 5.41) is 0.789. The van der Waals surface area contributed by atoms with Crippen LogP contribution in [0.1, 0.15) is 28.8 Å². The molecule has 6 rings (SSSR count). The molecule has 3 aromatic rings. The molecule has 3 heterocycles. The second-order valence-electron chi connectivity index (χ2n) is 11.9. The van der Waals surface area contributed by atoms with E-state index in [2.05, 4.69) is 9.80 Å². The van der Waals surface area contributed by atoms with Gasteiger partial charge in [0, 0.05) is 70.0 Å². The van der Waals surface area contributed by atoms with Gasteiger partial charge in [0.1, 0.15) is 11.6 Å². The van der Waals surface area contributed by atoms with Crippen LogP contribution in [-0.4, -0.2) is 100 Å². The van der Waals surface area contributed by atoms with Crippen LogP contribution in [0.15, 0.2) is 65.6 Å². The molecule has 246 valence electrons. The van der Waals surface area contributed by atoms with Gasteiger partial charge in [0.2, 0.25) is 10.0 Å². The van der Waals surface area contributed by atoms with Crippen molar-refractivity contribution in [2.24, 2.45) is 0 Å². The van der Waals surface area contributed by atoms with E-state index in [4.69, 9.17) is 32.7 Å². The van der Waals surface area contributed by atoms with E-state index in [1.54, 1.807) is 27.4 Å². The molecule has 2 bridgehead atoms. The summed E-state index contributed by atoms with van der Waals surface area (Å²) in [4.78, 5) is 19.8. The SMILES string of the molecule is COCOc1ccc(S(=O)(=O)N2CCN(CCc3ccc(Cl)cc3)CC2)cc1N1C2CCC1CN(C(=O)c1ccc(F)cc1Cl)C2. The molecule has 13 heteroatoms. The van der Waals surface area contributed by atoms with Crippen LogP contribution in [0, 0.1) is 5.82 Å². The molecule has 0 spiro atoms. The maximum atomic E-state index is 13.9. The van der Waals surface area contributed by atoms with E-state index in [0.29, 0.717) is 55.7 Å². The predicted octanol–water partition coefficient (Wildman–Crippen LogP) is 5.16. The molecule has 1 amide bonds. The number of nitrogens with zero attached hydrogens (tertiary/aromatic N) is 4. The normalized spacial score (nSPS) is 20.7. The third kappa shape index (κ3) is 7.00. The topological polar surface area (TPSA) is 82.6 Å². The van der Waals surface area contributed by atoms with E-state index in [-0.39, 0.29) is 40.3 Å². The number of methoxy groups -OCH3 is 1. The Hall–Kier alpha value is -2.93. The Morgan fingerprint density at radius 2 is 1.63 bits per heavy atom. The minimum Gasteiger partial charge on any atom is -0.465 e. The summed E-state index contributed by atoms with van der Waals surface area (Å²) in [7, 11) is -2.24. The fourth-order valence-electron chi connectivity index (χ4n) is 6.68. The van der Waals surface area contributed by atoms with Gasteiger partial charge < -0.3 is 24.2 Å². The van der Waals surface area contributed by atoms with Crippen molar-refractivity contribution >= 4 is 44.8 Å². The van der Waals surface area contributed by atoms with Crippen LogP contribution in [0.5, 0.6) is 5.75 Å². The Morgan fingerprint density at radius 1 is 0.935 bits per heavy atom. The summed E-state index contributed by atoms with van der Waals surface area (Å²) in [6.45, 7) is 3.78. The van der Waals surface area contributed by atoms with E-state index >= 15 is 0 Å². The van der Waals surface area contributed by atoms with Gasteiger partial charge in [-0.1, -0.05) is 35.3 Å². The highest BCUT2D eigenvalue weighted by Crippen LogP contribution is 2.42. The third-order valence-electron chi connectivity index (χ3n) is 9.07. The van der Waals surface area contributed by atoms with E-state index in [9.17, 15) is 17.6 Å². The number of benzene rings is 3. The predicted molar refractivity (Wildman–Crippen MR) is 176 cm³/mol. The highest BCUT2D eigenvalue weighted by molar-refractivity contribution is 7.89. The molecule has 0 aliphatic carbocycles. The van der Waals surface area contributed by atoms with Gasteiger partial charge in [0.15, 0.2) is 6.79 Å². The van der Waals surface area contributed by atoms with Crippen LogP contribution in [-0.2, 0) is 21.2 Å². The minimum atomic E-state index is -3.77. The van der Waals surface area contributed by atoms with E-state index < -0.39 is 15.8 Å². The summed E-state index contributed by atoms with van der Waals surface area (Å²) in [6, 6.07) is 16.5. The Morgan fingerprint density at radius 3 is 2.28 bits per heavy atom. The van der Waals surface area contributed by atoms with Crippen LogP contribution < -0.4 is 9.64 Å². The number of piperazine rings is 2. The molecule has 3 aliphatic rings. The number of anilines is 1. The second kappa shape index (κ2) is 14.0. The number of fused-ring (bicyclic) bond motifs is 2. The molecule has 0 N–H and O–H groups in total. The number of rotatable bonds is 10. The zero-order valence-corrected chi connectivity index (χ0v) is 27.9. The van der Waals surface area contributed by atoms with Gasteiger partial charge >= 0.3 is 0 Å². The number of hydrogen-bond acceptors (Lipinski definition) is 7. The van der Waals surface area contributed by atoms with Crippen molar-refractivity contribution in [2.75, 3.05) is 64.6 Å². The molecule has 0 saturated carbocycles. The number of hydrogen-bond donors (Lipinski definition) is 0. The summed E-state index contributed by atoms with van der Waals surface area (Å²) < 4.78 is 54.1. The van der Waals surface area contributed by atoms with Crippen LogP contribution in [0.3, 0.4) is 0 Å². The van der Waals surface area contributed by atoms with Gasteiger partial charge in [-0.3, -0.25) is 4.79 Å². The first-order valence-corrected chi connectivity index (χ1v) is 17.6. The van der Waals surface area contributed by atoms with Crippen molar-refractivity contribution in [2.45, 2.75) is 36.2 Å². The van der Waals surface area contributed by atoms with Gasteiger partial charge in [0.25, 0.3) is 5.91 Å². The quantitative estimate of drug-likeness (QED) is 0.272. The van der Waals surface area contributed by atoms with Crippen molar-refractivity contribution in [3.05, 3.63) is 87.7 Å². The zero-order valence-electron chi connectivity index (χ0n) is 25.6. The molecule has 9 nitrogen and oxygen atoms in total. The summed E-state index contributed by atoms with van der Waals surface area (Å²) in [6.07, 6.45) is 2.52. The number of likely N-dealkylation sites (tertiary alicyclic amines) is 1. The molecule has 0 aromatic heterocycles. The lowest BCUT2D eigenvalue weighted by Gasteiger charge is -2.43. The van der Waals surface area contributed by atoms with Crippen LogP contribution >= 0.6 is 23.2 Å². The zero-order chi connectivity index (χ0) is 32.4. The van der Waals surface area contributed by atoms with Crippen molar-refractivity contribution < 1.29 is 27.1 Å². The molecule has 46 heavy (non-hydrogen) atoms. The fourth-order valence-corrected chi connectivity index (χ4v) is 8.50. The van der Waals surface area contributed by atoms with Gasteiger partial charge in [-0.2, -0.15) is 4.31 Å². The molecule has 2 atom stereocenters. The van der Waals surface area contributed by atoms with Gasteiger partial charge in [0.05, 0.1) is 21.2 Å². The molecule has 0 radical (unpaired) electrons. The number of carbonyl (C=O) groups is 1. The molecular weight excluding hydrogens is 654 g/mol. The first kappa shape index (κ1) is 33.0. The Balaban J connectivity index is 1.17. The van der Waals surface area contributed by atoms with E-state index in [1.165, 1.54) is 24.8 Å². The highest BCUT2D eigenvalue weighted by Gasteiger charge is 2.43. The maximum Gasteiger partial charge on any atom is 0.255 e. The highest BCUT2D eigenvalue weighted by atomic mass is 35.5. The van der Waals surface area contributed by atoms with Crippen LogP contribution in [0.2, 0.25) is 10.0 Å². The Labute approximate surface area is 279 Å². The number of ether oxygens (including phenoxy) is 2. The van der Waals surface area contributed by atoms with Gasteiger partial charge in [-0.25, -0.2) is 12.8 Å².